The highest BCUT2D eigenvalue weighted by molar-refractivity contribution is 6.39. The number of piperidine rings is 1. The fraction of sp³-hybridized carbons (Fsp3) is 0.822. The molecule has 330 valence electrons. The van der Waals surface area contributed by atoms with Gasteiger partial charge in [-0.1, -0.05) is 52.3 Å². The predicted octanol–water partition coefficient (Wildman–Crippen LogP) is 5.22. The fourth-order valence-electron chi connectivity index (χ4n) is 9.64. The monoisotopic (exact) mass is 819 g/mol. The summed E-state index contributed by atoms with van der Waals surface area (Å²) in [4.78, 5) is 57.9. The maximum absolute atomic E-state index is 14.4. The number of ketones is 2. The van der Waals surface area contributed by atoms with Gasteiger partial charge in [-0.3, -0.25) is 14.4 Å². The number of Topliss-reactive ketones (excluding diaryl/α,β-unsaturated/α-hetero) is 2. The highest BCUT2D eigenvalue weighted by atomic mass is 16.7. The normalized spacial score (nSPS) is 39.7. The number of allylic oxidation sites excluding steroid dienone is 3. The summed E-state index contributed by atoms with van der Waals surface area (Å²) in [6, 6.07) is -1.19. The molecule has 0 spiro atoms. The number of nitrogens with two attached hydrogens (primary N) is 1. The first kappa shape index (κ1) is 48.1. The molecule has 2 saturated heterocycles. The molecule has 3 aliphatic heterocycles. The number of fused-ring (bicyclic) bond motifs is 3. The van der Waals surface area contributed by atoms with Gasteiger partial charge in [-0.2, -0.15) is 0 Å². The Morgan fingerprint density at radius 3 is 2.33 bits per heavy atom. The van der Waals surface area contributed by atoms with E-state index in [-0.39, 0.29) is 55.6 Å². The van der Waals surface area contributed by atoms with Crippen LogP contribution in [0.3, 0.4) is 0 Å². The van der Waals surface area contributed by atoms with Crippen molar-refractivity contribution in [3.63, 3.8) is 0 Å². The van der Waals surface area contributed by atoms with Gasteiger partial charge in [-0.25, -0.2) is 4.79 Å². The number of esters is 1. The summed E-state index contributed by atoms with van der Waals surface area (Å²) >= 11 is 0. The molecule has 4 N–H and O–H groups in total. The molecular formula is C45H74N2O11. The Morgan fingerprint density at radius 2 is 1.67 bits per heavy atom. The van der Waals surface area contributed by atoms with E-state index in [0.717, 1.165) is 24.8 Å². The molecule has 0 aromatic rings. The molecule has 13 nitrogen and oxygen atoms in total. The average molecular weight is 819 g/mol. The van der Waals surface area contributed by atoms with Gasteiger partial charge >= 0.3 is 5.97 Å². The van der Waals surface area contributed by atoms with Gasteiger partial charge in [-0.05, 0) is 102 Å². The van der Waals surface area contributed by atoms with Crippen LogP contribution in [0.25, 0.3) is 0 Å². The summed E-state index contributed by atoms with van der Waals surface area (Å²) in [7, 11) is 3.08. The van der Waals surface area contributed by atoms with E-state index in [4.69, 9.17) is 29.4 Å². The molecule has 4 rings (SSSR count). The minimum absolute atomic E-state index is 0.0422. The minimum atomic E-state index is -2.49. The van der Waals surface area contributed by atoms with Gasteiger partial charge in [0.05, 0.1) is 24.4 Å². The Bertz CT molecular complexity index is 1470. The van der Waals surface area contributed by atoms with Crippen LogP contribution in [0.4, 0.5) is 0 Å². The smallest absolute Gasteiger partial charge is 0.329 e. The number of hydrogen-bond acceptors (Lipinski definition) is 12. The predicted molar refractivity (Wildman–Crippen MR) is 219 cm³/mol. The number of amides is 1. The van der Waals surface area contributed by atoms with Gasteiger partial charge < -0.3 is 44.5 Å². The molecule has 1 aliphatic carbocycles. The van der Waals surface area contributed by atoms with Crippen molar-refractivity contribution < 1.29 is 53.1 Å². The SMILES string of the molecule is CCCOC1CC(C=C(C)C2OC(=O)C3CCCCN3C(=O)C(=O)C3(O)OC(C(OC)CC(C)CC(C)=CC(CC)C(=O)CC(O)C2C)C(OC)CC3C)CCC1N. The number of ether oxygens (including phenoxy) is 5. The van der Waals surface area contributed by atoms with E-state index in [0.29, 0.717) is 50.7 Å². The zero-order chi connectivity index (χ0) is 42.9. The summed E-state index contributed by atoms with van der Waals surface area (Å²) in [5.41, 5.74) is 8.15. The van der Waals surface area contributed by atoms with Crippen LogP contribution in [0, 0.1) is 29.6 Å². The first-order chi connectivity index (χ1) is 27.5. The molecule has 13 heteroatoms. The Hall–Kier alpha value is -2.52. The lowest BCUT2D eigenvalue weighted by Gasteiger charge is -2.47. The summed E-state index contributed by atoms with van der Waals surface area (Å²) in [6.45, 7) is 14.1. The van der Waals surface area contributed by atoms with Gasteiger partial charge in [0.25, 0.3) is 11.7 Å². The number of cyclic esters (lactones) is 1. The second kappa shape index (κ2) is 21.8. The largest absolute Gasteiger partial charge is 0.456 e. The number of carbonyl (C=O) groups is 4. The summed E-state index contributed by atoms with van der Waals surface area (Å²) in [5, 5.41) is 23.8. The van der Waals surface area contributed by atoms with Crippen molar-refractivity contribution in [3.05, 3.63) is 23.3 Å². The molecule has 1 saturated carbocycles. The second-order valence-electron chi connectivity index (χ2n) is 17.9. The Balaban J connectivity index is 1.75. The van der Waals surface area contributed by atoms with Crippen molar-refractivity contribution in [2.45, 2.75) is 180 Å². The zero-order valence-electron chi connectivity index (χ0n) is 36.7. The van der Waals surface area contributed by atoms with Crippen molar-refractivity contribution in [1.29, 1.82) is 0 Å². The molecule has 1 amide bonds. The minimum Gasteiger partial charge on any atom is -0.456 e. The second-order valence-corrected chi connectivity index (χ2v) is 17.9. The van der Waals surface area contributed by atoms with Crippen LogP contribution in [0.5, 0.6) is 0 Å². The molecular weight excluding hydrogens is 744 g/mol. The van der Waals surface area contributed by atoms with E-state index < -0.39 is 77.8 Å². The number of nitrogens with zero attached hydrogens (tertiary/aromatic N) is 1. The summed E-state index contributed by atoms with van der Waals surface area (Å²) in [6.07, 6.45) is 6.18. The standard InChI is InChI=1S/C45H74N2O11/c1-10-18-56-37-24-31(15-16-33(37)46)22-28(5)40-30(7)35(48)25-36(49)32(11-2)20-26(3)19-27(4)21-38(54-8)41-39(55-9)23-29(6)45(53,58-41)42(50)43(51)47-17-13-12-14-34(47)44(52)57-40/h20,22,27,29-35,37-41,48,53H,10-19,21,23-25,46H2,1-9H3. The van der Waals surface area contributed by atoms with Crippen molar-refractivity contribution in [2.24, 2.45) is 35.3 Å². The Labute approximate surface area is 346 Å². The Morgan fingerprint density at radius 1 is 0.983 bits per heavy atom. The van der Waals surface area contributed by atoms with Gasteiger partial charge in [0.15, 0.2) is 0 Å². The Kier molecular flexibility index (Phi) is 18.1. The molecule has 14 atom stereocenters. The third-order valence-electron chi connectivity index (χ3n) is 13.2. The van der Waals surface area contributed by atoms with Gasteiger partial charge in [0.1, 0.15) is 24.0 Å². The van der Waals surface area contributed by atoms with Crippen molar-refractivity contribution in [2.75, 3.05) is 27.4 Å². The topological polar surface area (TPSA) is 184 Å². The first-order valence-corrected chi connectivity index (χ1v) is 21.9. The molecule has 2 bridgehead atoms. The summed E-state index contributed by atoms with van der Waals surface area (Å²) < 4.78 is 30.4. The van der Waals surface area contributed by atoms with Crippen LogP contribution in [0.15, 0.2) is 23.3 Å². The highest BCUT2D eigenvalue weighted by Crippen LogP contribution is 2.39. The molecule has 3 heterocycles. The number of rotatable bonds is 8. The third-order valence-corrected chi connectivity index (χ3v) is 13.2. The van der Waals surface area contributed by atoms with Crippen molar-refractivity contribution in [3.8, 4) is 0 Å². The number of hydrogen-bond donors (Lipinski definition) is 3. The van der Waals surface area contributed by atoms with E-state index in [1.807, 2.05) is 26.8 Å². The van der Waals surface area contributed by atoms with Crippen LogP contribution in [-0.4, -0.2) is 120 Å². The molecule has 4 aliphatic rings. The quantitative estimate of drug-likeness (QED) is 0.165. The van der Waals surface area contributed by atoms with E-state index >= 15 is 0 Å². The molecule has 3 fully saturated rings. The lowest BCUT2D eigenvalue weighted by Crippen LogP contribution is -2.64. The molecule has 0 radical (unpaired) electrons. The molecule has 0 aromatic carbocycles. The fourth-order valence-corrected chi connectivity index (χ4v) is 9.64. The number of carbonyl (C=O) groups excluding carboxylic acids is 4. The van der Waals surface area contributed by atoms with Gasteiger partial charge in [0.2, 0.25) is 5.79 Å². The highest BCUT2D eigenvalue weighted by Gasteiger charge is 2.56. The first-order valence-electron chi connectivity index (χ1n) is 21.9. The number of methoxy groups -OCH3 is 2. The lowest BCUT2D eigenvalue weighted by atomic mass is 9.81. The number of aliphatic hydroxyl groups excluding tert-OH is 1. The van der Waals surface area contributed by atoms with Crippen LogP contribution < -0.4 is 5.73 Å². The zero-order valence-corrected chi connectivity index (χ0v) is 36.7. The van der Waals surface area contributed by atoms with Crippen LogP contribution in [0.2, 0.25) is 0 Å². The van der Waals surface area contributed by atoms with Gasteiger partial charge in [-0.15, -0.1) is 0 Å². The molecule has 0 aromatic heterocycles. The van der Waals surface area contributed by atoms with Gasteiger partial charge in [0, 0.05) is 57.6 Å². The molecule has 58 heavy (non-hydrogen) atoms. The van der Waals surface area contributed by atoms with Crippen molar-refractivity contribution in [1.82, 2.24) is 4.90 Å². The molecule has 14 unspecified atom stereocenters. The number of aliphatic hydroxyl groups is 2. The third kappa shape index (κ3) is 11.6. The van der Waals surface area contributed by atoms with E-state index in [1.165, 1.54) is 19.1 Å². The van der Waals surface area contributed by atoms with E-state index in [2.05, 4.69) is 19.9 Å². The van der Waals surface area contributed by atoms with Crippen molar-refractivity contribution >= 4 is 23.4 Å². The van der Waals surface area contributed by atoms with Crippen LogP contribution in [0.1, 0.15) is 126 Å². The van der Waals surface area contributed by atoms with Crippen LogP contribution in [-0.2, 0) is 42.9 Å². The van der Waals surface area contributed by atoms with Crippen LogP contribution >= 0.6 is 0 Å². The van der Waals surface area contributed by atoms with E-state index in [9.17, 15) is 29.4 Å². The summed E-state index contributed by atoms with van der Waals surface area (Å²) in [5.74, 6) is -7.29. The average Bonchev–Trinajstić information content (AvgIpc) is 3.20. The maximum atomic E-state index is 14.4. The van der Waals surface area contributed by atoms with E-state index in [1.54, 1.807) is 13.8 Å². The lowest BCUT2D eigenvalue weighted by molar-refractivity contribution is -0.302. The maximum Gasteiger partial charge on any atom is 0.329 e.